The fourth-order valence-electron chi connectivity index (χ4n) is 3.59. The van der Waals surface area contributed by atoms with Gasteiger partial charge in [-0.1, -0.05) is 19.3 Å². The first-order chi connectivity index (χ1) is 10.5. The Bertz CT molecular complexity index is 403. The van der Waals surface area contributed by atoms with Crippen LogP contribution in [0.4, 0.5) is 0 Å². The number of esters is 1. The summed E-state index contributed by atoms with van der Waals surface area (Å²) >= 11 is 0. The predicted molar refractivity (Wildman–Crippen MR) is 77.0 cm³/mol. The van der Waals surface area contributed by atoms with Crippen molar-refractivity contribution in [1.29, 1.82) is 0 Å². The maximum Gasteiger partial charge on any atom is 0.309 e. The highest BCUT2D eigenvalue weighted by Crippen LogP contribution is 2.38. The van der Waals surface area contributed by atoms with Crippen LogP contribution in [0, 0.1) is 5.92 Å². The minimum absolute atomic E-state index is 0.0436. The van der Waals surface area contributed by atoms with E-state index in [0.29, 0.717) is 0 Å². The fourth-order valence-corrected chi connectivity index (χ4v) is 3.59. The van der Waals surface area contributed by atoms with E-state index in [1.54, 1.807) is 7.11 Å². The molecule has 3 fully saturated rings. The van der Waals surface area contributed by atoms with Crippen LogP contribution < -0.4 is 0 Å². The fraction of sp³-hybridized carbons (Fsp3) is 0.938. The molecule has 2 aliphatic heterocycles. The molecular weight excluding hydrogens is 288 g/mol. The van der Waals surface area contributed by atoms with Crippen LogP contribution in [0.5, 0.6) is 0 Å². The molecule has 0 radical (unpaired) electrons. The maximum absolute atomic E-state index is 12.1. The Labute approximate surface area is 131 Å². The Balaban J connectivity index is 1.52. The van der Waals surface area contributed by atoms with Crippen molar-refractivity contribution in [3.63, 3.8) is 0 Å². The monoisotopic (exact) mass is 314 g/mol. The molecule has 0 N–H and O–H groups in total. The molecule has 6 heteroatoms. The van der Waals surface area contributed by atoms with Crippen LogP contribution in [-0.2, 0) is 28.5 Å². The number of methoxy groups -OCH3 is 1. The van der Waals surface area contributed by atoms with Crippen molar-refractivity contribution < 1.29 is 28.5 Å². The highest BCUT2D eigenvalue weighted by atomic mass is 16.8. The normalized spacial score (nSPS) is 38.0. The van der Waals surface area contributed by atoms with Crippen molar-refractivity contribution in [2.75, 3.05) is 13.7 Å². The standard InChI is InChI=1S/C16H26O6/c1-16(2)21-13-12(18-3)11(20-15(13)22-16)9-19-14(17)10-7-5-4-6-8-10/h10-13,15H,4-9H2,1-3H3. The highest BCUT2D eigenvalue weighted by molar-refractivity contribution is 5.72. The zero-order chi connectivity index (χ0) is 15.7. The molecule has 1 aliphatic carbocycles. The molecule has 3 rings (SSSR count). The molecule has 4 atom stereocenters. The number of hydrogen-bond donors (Lipinski definition) is 0. The van der Waals surface area contributed by atoms with Crippen LogP contribution in [-0.4, -0.2) is 50.1 Å². The number of carbonyl (C=O) groups is 1. The Morgan fingerprint density at radius 3 is 2.59 bits per heavy atom. The molecule has 6 nitrogen and oxygen atoms in total. The van der Waals surface area contributed by atoms with Crippen molar-refractivity contribution in [2.45, 2.75) is 76.3 Å². The first-order valence-electron chi connectivity index (χ1n) is 8.21. The van der Waals surface area contributed by atoms with E-state index in [4.69, 9.17) is 23.7 Å². The summed E-state index contributed by atoms with van der Waals surface area (Å²) in [4.78, 5) is 12.1. The Hall–Kier alpha value is -0.690. The summed E-state index contributed by atoms with van der Waals surface area (Å²) in [6.45, 7) is 3.88. The van der Waals surface area contributed by atoms with E-state index < -0.39 is 12.1 Å². The van der Waals surface area contributed by atoms with Gasteiger partial charge in [0, 0.05) is 7.11 Å². The molecule has 3 aliphatic rings. The van der Waals surface area contributed by atoms with Gasteiger partial charge in [0.25, 0.3) is 0 Å². The second-order valence-electron chi connectivity index (χ2n) is 6.81. The first-order valence-corrected chi connectivity index (χ1v) is 8.21. The second-order valence-corrected chi connectivity index (χ2v) is 6.81. The van der Waals surface area contributed by atoms with Crippen LogP contribution >= 0.6 is 0 Å². The topological polar surface area (TPSA) is 63.2 Å². The van der Waals surface area contributed by atoms with E-state index in [1.807, 2.05) is 13.8 Å². The van der Waals surface area contributed by atoms with Crippen LogP contribution in [0.15, 0.2) is 0 Å². The number of ether oxygens (including phenoxy) is 5. The Morgan fingerprint density at radius 1 is 1.18 bits per heavy atom. The molecular formula is C16H26O6. The first kappa shape index (κ1) is 16.2. The van der Waals surface area contributed by atoms with Gasteiger partial charge in [0.15, 0.2) is 12.1 Å². The minimum Gasteiger partial charge on any atom is -0.463 e. The van der Waals surface area contributed by atoms with E-state index in [0.717, 1.165) is 25.7 Å². The molecule has 126 valence electrons. The van der Waals surface area contributed by atoms with Gasteiger partial charge in [0.1, 0.15) is 24.9 Å². The number of carbonyl (C=O) groups excluding carboxylic acids is 1. The van der Waals surface area contributed by atoms with Gasteiger partial charge in [-0.3, -0.25) is 4.79 Å². The third kappa shape index (κ3) is 3.30. The van der Waals surface area contributed by atoms with Gasteiger partial charge >= 0.3 is 5.97 Å². The maximum atomic E-state index is 12.1. The Morgan fingerprint density at radius 2 is 1.91 bits per heavy atom. The molecule has 0 aromatic carbocycles. The minimum atomic E-state index is -0.671. The van der Waals surface area contributed by atoms with Gasteiger partial charge in [-0.15, -0.1) is 0 Å². The van der Waals surface area contributed by atoms with E-state index in [1.165, 1.54) is 6.42 Å². The average molecular weight is 314 g/mol. The van der Waals surface area contributed by atoms with Crippen molar-refractivity contribution in [3.8, 4) is 0 Å². The lowest BCUT2D eigenvalue weighted by atomic mass is 9.89. The van der Waals surface area contributed by atoms with Crippen molar-refractivity contribution in [1.82, 2.24) is 0 Å². The lowest BCUT2D eigenvalue weighted by molar-refractivity contribution is -0.222. The molecule has 2 heterocycles. The summed E-state index contributed by atoms with van der Waals surface area (Å²) in [5.74, 6) is -0.741. The summed E-state index contributed by atoms with van der Waals surface area (Å²) < 4.78 is 28.3. The third-order valence-electron chi connectivity index (χ3n) is 4.69. The summed E-state index contributed by atoms with van der Waals surface area (Å²) in [5, 5.41) is 0. The smallest absolute Gasteiger partial charge is 0.309 e. The summed E-state index contributed by atoms with van der Waals surface area (Å²) in [7, 11) is 1.61. The van der Waals surface area contributed by atoms with Gasteiger partial charge in [-0.05, 0) is 26.7 Å². The highest BCUT2D eigenvalue weighted by Gasteiger charge is 2.55. The Kier molecular flexibility index (Phi) is 4.73. The van der Waals surface area contributed by atoms with Gasteiger partial charge < -0.3 is 23.7 Å². The second kappa shape index (κ2) is 6.43. The predicted octanol–water partition coefficient (Wildman–Crippen LogP) is 2.00. The molecule has 0 amide bonds. The van der Waals surface area contributed by atoms with Crippen LogP contribution in [0.25, 0.3) is 0 Å². The van der Waals surface area contributed by atoms with Crippen molar-refractivity contribution in [3.05, 3.63) is 0 Å². The number of hydrogen-bond acceptors (Lipinski definition) is 6. The number of fused-ring (bicyclic) bond motifs is 1. The molecule has 0 aromatic heterocycles. The molecule has 2 saturated heterocycles. The van der Waals surface area contributed by atoms with Crippen LogP contribution in [0.2, 0.25) is 0 Å². The van der Waals surface area contributed by atoms with Crippen LogP contribution in [0.3, 0.4) is 0 Å². The van der Waals surface area contributed by atoms with Gasteiger partial charge in [-0.25, -0.2) is 0 Å². The molecule has 0 spiro atoms. The van der Waals surface area contributed by atoms with E-state index in [9.17, 15) is 4.79 Å². The van der Waals surface area contributed by atoms with Crippen molar-refractivity contribution >= 4 is 5.97 Å². The molecule has 0 bridgehead atoms. The zero-order valence-corrected chi connectivity index (χ0v) is 13.6. The lowest BCUT2D eigenvalue weighted by Crippen LogP contribution is -2.39. The summed E-state index contributed by atoms with van der Waals surface area (Å²) in [6.07, 6.45) is 3.94. The zero-order valence-electron chi connectivity index (χ0n) is 13.6. The van der Waals surface area contributed by atoms with Crippen LogP contribution in [0.1, 0.15) is 46.0 Å². The molecule has 22 heavy (non-hydrogen) atoms. The quantitative estimate of drug-likeness (QED) is 0.740. The van der Waals surface area contributed by atoms with E-state index >= 15 is 0 Å². The van der Waals surface area contributed by atoms with E-state index in [-0.39, 0.29) is 36.8 Å². The summed E-state index contributed by atoms with van der Waals surface area (Å²) in [6, 6.07) is 0. The lowest BCUT2D eigenvalue weighted by Gasteiger charge is -2.25. The molecule has 1 saturated carbocycles. The molecule has 0 aromatic rings. The van der Waals surface area contributed by atoms with Gasteiger partial charge in [-0.2, -0.15) is 0 Å². The largest absolute Gasteiger partial charge is 0.463 e. The van der Waals surface area contributed by atoms with E-state index in [2.05, 4.69) is 0 Å². The SMILES string of the molecule is COC1C(COC(=O)C2CCCCC2)OC2OC(C)(C)OC21. The molecule has 4 unspecified atom stereocenters. The summed E-state index contributed by atoms with van der Waals surface area (Å²) in [5.41, 5.74) is 0. The van der Waals surface area contributed by atoms with Gasteiger partial charge in [0.2, 0.25) is 0 Å². The van der Waals surface area contributed by atoms with Crippen molar-refractivity contribution in [2.24, 2.45) is 5.92 Å². The number of rotatable bonds is 4. The third-order valence-corrected chi connectivity index (χ3v) is 4.69. The average Bonchev–Trinajstić information content (AvgIpc) is 2.96. The van der Waals surface area contributed by atoms with Gasteiger partial charge in [0.05, 0.1) is 5.92 Å².